The van der Waals surface area contributed by atoms with Crippen LogP contribution in [-0.2, 0) is 15.6 Å². The molecule has 1 N–H and O–H groups in total. The molecule has 0 unspecified atom stereocenters. The van der Waals surface area contributed by atoms with Crippen LogP contribution in [0.1, 0.15) is 35.3 Å². The number of rotatable bonds is 11. The number of nitrogens with zero attached hydrogens (tertiary/aromatic N) is 1. The highest BCUT2D eigenvalue weighted by molar-refractivity contribution is 7.90. The van der Waals surface area contributed by atoms with Crippen molar-refractivity contribution in [2.45, 2.75) is 24.5 Å². The summed E-state index contributed by atoms with van der Waals surface area (Å²) in [5.41, 5.74) is 1.68. The number of carboxylic acid groups (broad SMARTS) is 1. The van der Waals surface area contributed by atoms with Gasteiger partial charge in [0.25, 0.3) is 0 Å². The van der Waals surface area contributed by atoms with Gasteiger partial charge in [0.05, 0.1) is 30.3 Å². The SMILES string of the molecule is CCN(CC)C/C=C\c1ccccc1S(=O)(=O)Cc1ccc(-c2ccoc2)c(OC)c1C(=O)O. The zero-order valence-corrected chi connectivity index (χ0v) is 20.3. The van der Waals surface area contributed by atoms with E-state index in [-0.39, 0.29) is 21.8 Å². The number of benzene rings is 2. The average molecular weight is 484 g/mol. The Balaban J connectivity index is 2.00. The molecule has 0 spiro atoms. The number of ether oxygens (including phenoxy) is 1. The standard InChI is InChI=1S/C26H29NO6S/c1-4-27(5-2)15-8-10-19-9-6-7-11-23(19)34(30,31)18-21-12-13-22(20-14-16-33-17-20)25(32-3)24(21)26(28)29/h6-14,16-17H,4-5,15,18H2,1-3H3,(H,28,29)/b10-8-. The first-order valence-corrected chi connectivity index (χ1v) is 12.6. The van der Waals surface area contributed by atoms with Gasteiger partial charge in [0.1, 0.15) is 11.3 Å². The summed E-state index contributed by atoms with van der Waals surface area (Å²) in [6, 6.07) is 11.6. The van der Waals surface area contributed by atoms with Crippen molar-refractivity contribution in [2.24, 2.45) is 0 Å². The van der Waals surface area contributed by atoms with E-state index in [1.165, 1.54) is 25.7 Å². The van der Waals surface area contributed by atoms with E-state index in [0.29, 0.717) is 23.2 Å². The third-order valence-corrected chi connectivity index (χ3v) is 7.38. The van der Waals surface area contributed by atoms with Gasteiger partial charge >= 0.3 is 5.97 Å². The largest absolute Gasteiger partial charge is 0.495 e. The summed E-state index contributed by atoms with van der Waals surface area (Å²) in [5, 5.41) is 9.92. The Kier molecular flexibility index (Phi) is 8.31. The van der Waals surface area contributed by atoms with Crippen LogP contribution in [0.25, 0.3) is 17.2 Å². The summed E-state index contributed by atoms with van der Waals surface area (Å²) >= 11 is 0. The Bertz CT molecular complexity index is 1260. The van der Waals surface area contributed by atoms with Gasteiger partial charge in [0, 0.05) is 17.7 Å². The Hall–Kier alpha value is -3.36. The molecule has 1 heterocycles. The topological polar surface area (TPSA) is 97.0 Å². The molecule has 0 saturated heterocycles. The van der Waals surface area contributed by atoms with E-state index in [4.69, 9.17) is 9.15 Å². The zero-order valence-electron chi connectivity index (χ0n) is 19.5. The van der Waals surface area contributed by atoms with Gasteiger partial charge in [-0.25, -0.2) is 13.2 Å². The number of sulfone groups is 1. The molecule has 180 valence electrons. The molecule has 0 radical (unpaired) electrons. The molecule has 0 bridgehead atoms. The summed E-state index contributed by atoms with van der Waals surface area (Å²) in [4.78, 5) is 14.5. The lowest BCUT2D eigenvalue weighted by Crippen LogP contribution is -2.22. The quantitative estimate of drug-likeness (QED) is 0.411. The highest BCUT2D eigenvalue weighted by Crippen LogP contribution is 2.37. The minimum absolute atomic E-state index is 0.0917. The maximum Gasteiger partial charge on any atom is 0.339 e. The third kappa shape index (κ3) is 5.58. The average Bonchev–Trinajstić information content (AvgIpc) is 3.36. The molecule has 3 aromatic rings. The minimum Gasteiger partial charge on any atom is -0.495 e. The Morgan fingerprint density at radius 2 is 1.85 bits per heavy atom. The minimum atomic E-state index is -3.86. The molecule has 0 aliphatic rings. The van der Waals surface area contributed by atoms with Crippen LogP contribution in [0.4, 0.5) is 0 Å². The molecule has 0 aliphatic carbocycles. The second kappa shape index (κ2) is 11.2. The molecule has 1 aromatic heterocycles. The number of furan rings is 1. The van der Waals surface area contributed by atoms with Crippen molar-refractivity contribution in [3.05, 3.63) is 77.8 Å². The van der Waals surface area contributed by atoms with Crippen LogP contribution >= 0.6 is 0 Å². The smallest absolute Gasteiger partial charge is 0.339 e. The number of aromatic carboxylic acids is 1. The van der Waals surface area contributed by atoms with Crippen molar-refractivity contribution in [1.82, 2.24) is 4.90 Å². The first-order chi connectivity index (χ1) is 16.3. The van der Waals surface area contributed by atoms with Crippen molar-refractivity contribution in [2.75, 3.05) is 26.7 Å². The summed E-state index contributed by atoms with van der Waals surface area (Å²) in [6.45, 7) is 6.64. The van der Waals surface area contributed by atoms with Gasteiger partial charge in [-0.05, 0) is 36.3 Å². The lowest BCUT2D eigenvalue weighted by atomic mass is 9.99. The molecule has 0 atom stereocenters. The summed E-state index contributed by atoms with van der Waals surface area (Å²) in [6.07, 6.45) is 6.68. The summed E-state index contributed by atoms with van der Waals surface area (Å²) in [5.74, 6) is -1.65. The maximum atomic E-state index is 13.4. The second-order valence-electron chi connectivity index (χ2n) is 7.68. The number of carbonyl (C=O) groups is 1. The van der Waals surface area contributed by atoms with Gasteiger partial charge in [-0.2, -0.15) is 0 Å². The van der Waals surface area contributed by atoms with Crippen LogP contribution in [0.3, 0.4) is 0 Å². The van der Waals surface area contributed by atoms with Crippen molar-refractivity contribution >= 4 is 21.9 Å². The molecule has 3 rings (SSSR count). The molecule has 0 saturated carbocycles. The van der Waals surface area contributed by atoms with E-state index in [0.717, 1.165) is 13.1 Å². The fourth-order valence-corrected chi connectivity index (χ4v) is 5.42. The van der Waals surface area contributed by atoms with E-state index < -0.39 is 21.6 Å². The van der Waals surface area contributed by atoms with Crippen molar-refractivity contribution in [1.29, 1.82) is 0 Å². The molecule has 0 amide bonds. The van der Waals surface area contributed by atoms with E-state index in [1.54, 1.807) is 42.5 Å². The molecule has 8 heteroatoms. The molecule has 7 nitrogen and oxygen atoms in total. The van der Waals surface area contributed by atoms with Crippen LogP contribution < -0.4 is 4.74 Å². The molecular formula is C26H29NO6S. The Morgan fingerprint density at radius 1 is 1.12 bits per heavy atom. The van der Waals surface area contributed by atoms with E-state index in [1.807, 2.05) is 6.08 Å². The number of hydrogen-bond acceptors (Lipinski definition) is 6. The predicted molar refractivity (Wildman–Crippen MR) is 132 cm³/mol. The lowest BCUT2D eigenvalue weighted by Gasteiger charge is -2.16. The van der Waals surface area contributed by atoms with Crippen LogP contribution in [-0.4, -0.2) is 51.1 Å². The second-order valence-corrected chi connectivity index (χ2v) is 9.64. The maximum absolute atomic E-state index is 13.4. The van der Waals surface area contributed by atoms with Crippen molar-refractivity contribution in [3.8, 4) is 16.9 Å². The van der Waals surface area contributed by atoms with Crippen molar-refractivity contribution < 1.29 is 27.5 Å². The van der Waals surface area contributed by atoms with Gasteiger partial charge in [0.2, 0.25) is 0 Å². The van der Waals surface area contributed by atoms with E-state index in [2.05, 4.69) is 18.7 Å². The molecule has 0 aliphatic heterocycles. The molecule has 34 heavy (non-hydrogen) atoms. The Labute approximate surface area is 200 Å². The molecule has 0 fully saturated rings. The fourth-order valence-electron chi connectivity index (χ4n) is 3.83. The van der Waals surface area contributed by atoms with Gasteiger partial charge in [-0.15, -0.1) is 0 Å². The Morgan fingerprint density at radius 3 is 2.47 bits per heavy atom. The number of likely N-dealkylation sites (N-methyl/N-ethyl adjacent to an activating group) is 1. The first kappa shape index (κ1) is 25.3. The molecule has 2 aromatic carbocycles. The summed E-state index contributed by atoms with van der Waals surface area (Å²) in [7, 11) is -2.49. The van der Waals surface area contributed by atoms with Crippen LogP contribution in [0.5, 0.6) is 5.75 Å². The van der Waals surface area contributed by atoms with Gasteiger partial charge < -0.3 is 19.2 Å². The van der Waals surface area contributed by atoms with Gasteiger partial charge in [-0.3, -0.25) is 0 Å². The van der Waals surface area contributed by atoms with E-state index in [9.17, 15) is 18.3 Å². The van der Waals surface area contributed by atoms with E-state index >= 15 is 0 Å². The zero-order chi connectivity index (χ0) is 24.7. The number of carboxylic acids is 1. The lowest BCUT2D eigenvalue weighted by molar-refractivity contribution is 0.0692. The number of methoxy groups -OCH3 is 1. The highest BCUT2D eigenvalue weighted by atomic mass is 32.2. The van der Waals surface area contributed by atoms with Crippen LogP contribution in [0.2, 0.25) is 0 Å². The van der Waals surface area contributed by atoms with Gasteiger partial charge in [-0.1, -0.05) is 56.3 Å². The number of hydrogen-bond donors (Lipinski definition) is 1. The predicted octanol–water partition coefficient (Wildman–Crippen LogP) is 4.98. The monoisotopic (exact) mass is 483 g/mol. The third-order valence-electron chi connectivity index (χ3n) is 5.65. The van der Waals surface area contributed by atoms with Gasteiger partial charge in [0.15, 0.2) is 9.84 Å². The highest BCUT2D eigenvalue weighted by Gasteiger charge is 2.26. The van der Waals surface area contributed by atoms with Crippen LogP contribution in [0.15, 0.2) is 70.4 Å². The fraction of sp³-hybridized carbons (Fsp3) is 0.269. The van der Waals surface area contributed by atoms with Crippen molar-refractivity contribution in [3.63, 3.8) is 0 Å². The van der Waals surface area contributed by atoms with Crippen LogP contribution in [0, 0.1) is 0 Å². The normalized spacial score (nSPS) is 11.9. The molecular weight excluding hydrogens is 454 g/mol. The first-order valence-electron chi connectivity index (χ1n) is 11.0. The summed E-state index contributed by atoms with van der Waals surface area (Å²) < 4.78 is 37.4.